The number of nitrogens with zero attached hydrogens (tertiary/aromatic N) is 1. The Morgan fingerprint density at radius 2 is 2.25 bits per heavy atom. The van der Waals surface area contributed by atoms with Gasteiger partial charge in [-0.25, -0.2) is 4.39 Å². The molecule has 0 saturated carbocycles. The maximum absolute atomic E-state index is 14.3. The van der Waals surface area contributed by atoms with Crippen LogP contribution in [0, 0.1) is 11.7 Å². The molecule has 0 aromatic heterocycles. The van der Waals surface area contributed by atoms with Gasteiger partial charge in [-0.1, -0.05) is 26.0 Å². The predicted molar refractivity (Wildman–Crippen MR) is 80.4 cm³/mol. The Labute approximate surface area is 120 Å². The monoisotopic (exact) mass is 280 g/mol. The maximum Gasteiger partial charge on any atom is 0.146 e. The molecule has 1 aromatic carbocycles. The van der Waals surface area contributed by atoms with Gasteiger partial charge >= 0.3 is 0 Å². The quantitative estimate of drug-likeness (QED) is 0.786. The van der Waals surface area contributed by atoms with Gasteiger partial charge < -0.3 is 15.3 Å². The molecule has 0 spiro atoms. The van der Waals surface area contributed by atoms with Crippen LogP contribution < -0.4 is 10.2 Å². The van der Waals surface area contributed by atoms with E-state index in [1.165, 1.54) is 6.07 Å². The molecule has 1 aliphatic rings. The van der Waals surface area contributed by atoms with Gasteiger partial charge in [0.1, 0.15) is 5.82 Å². The second-order valence-corrected chi connectivity index (χ2v) is 5.63. The van der Waals surface area contributed by atoms with Gasteiger partial charge in [0.2, 0.25) is 0 Å². The maximum atomic E-state index is 14.3. The molecule has 0 amide bonds. The highest BCUT2D eigenvalue weighted by Crippen LogP contribution is 2.33. The van der Waals surface area contributed by atoms with Crippen LogP contribution in [0.3, 0.4) is 0 Å². The number of hydrogen-bond donors (Lipinski definition) is 2. The zero-order chi connectivity index (χ0) is 14.5. The summed E-state index contributed by atoms with van der Waals surface area (Å²) in [6, 6.07) is 5.26. The first-order valence-corrected chi connectivity index (χ1v) is 7.54. The van der Waals surface area contributed by atoms with Gasteiger partial charge in [0.05, 0.1) is 18.3 Å². The fraction of sp³-hybridized carbons (Fsp3) is 0.625. The molecule has 2 N–H and O–H groups in total. The lowest BCUT2D eigenvalue weighted by Crippen LogP contribution is -2.36. The minimum absolute atomic E-state index is 0.0248. The minimum atomic E-state index is -0.187. The molecule has 3 nitrogen and oxygen atoms in total. The average molecular weight is 280 g/mol. The largest absolute Gasteiger partial charge is 0.394 e. The van der Waals surface area contributed by atoms with Gasteiger partial charge in [0.15, 0.2) is 0 Å². The van der Waals surface area contributed by atoms with E-state index in [-0.39, 0.29) is 18.5 Å². The zero-order valence-corrected chi connectivity index (χ0v) is 12.4. The third kappa shape index (κ3) is 3.13. The summed E-state index contributed by atoms with van der Waals surface area (Å²) in [7, 11) is 0. The molecule has 2 unspecified atom stereocenters. The second-order valence-electron chi connectivity index (χ2n) is 5.63. The third-order valence-electron chi connectivity index (χ3n) is 4.17. The van der Waals surface area contributed by atoms with Crippen LogP contribution in [0.15, 0.2) is 18.2 Å². The number of hydrogen-bond acceptors (Lipinski definition) is 3. The Bertz CT molecular complexity index is 438. The van der Waals surface area contributed by atoms with E-state index in [1.807, 2.05) is 11.0 Å². The Kier molecular flexibility index (Phi) is 5.38. The predicted octanol–water partition coefficient (Wildman–Crippen LogP) is 2.53. The van der Waals surface area contributed by atoms with E-state index in [4.69, 9.17) is 0 Å². The van der Waals surface area contributed by atoms with Crippen LogP contribution in [0.1, 0.15) is 32.3 Å². The number of anilines is 1. The summed E-state index contributed by atoms with van der Waals surface area (Å²) in [6.07, 6.45) is 2.06. The molecule has 20 heavy (non-hydrogen) atoms. The van der Waals surface area contributed by atoms with Gasteiger partial charge in [-0.3, -0.25) is 0 Å². The normalized spacial score (nSPS) is 22.5. The molecular formula is C16H25FN2O. The van der Waals surface area contributed by atoms with Crippen molar-refractivity contribution in [2.75, 3.05) is 24.6 Å². The van der Waals surface area contributed by atoms with Crippen molar-refractivity contribution in [2.45, 2.75) is 39.3 Å². The van der Waals surface area contributed by atoms with Crippen molar-refractivity contribution < 1.29 is 9.50 Å². The van der Waals surface area contributed by atoms with Crippen molar-refractivity contribution in [1.29, 1.82) is 0 Å². The van der Waals surface area contributed by atoms with E-state index in [2.05, 4.69) is 19.2 Å². The lowest BCUT2D eigenvalue weighted by atomic mass is 10.0. The molecule has 0 radical (unpaired) electrons. The van der Waals surface area contributed by atoms with Crippen LogP contribution in [0.25, 0.3) is 0 Å². The highest BCUT2D eigenvalue weighted by atomic mass is 19.1. The van der Waals surface area contributed by atoms with Crippen molar-refractivity contribution in [3.8, 4) is 0 Å². The SMILES string of the molecule is CCCNCc1cccc(F)c1N1CCC(C)C1CO. The molecule has 1 heterocycles. The lowest BCUT2D eigenvalue weighted by molar-refractivity contribution is 0.244. The first kappa shape index (κ1) is 15.3. The molecule has 1 saturated heterocycles. The highest BCUT2D eigenvalue weighted by Gasteiger charge is 2.33. The van der Waals surface area contributed by atoms with Gasteiger partial charge in [-0.15, -0.1) is 0 Å². The number of aliphatic hydroxyl groups excluding tert-OH is 1. The van der Waals surface area contributed by atoms with Crippen LogP contribution in [0.2, 0.25) is 0 Å². The number of rotatable bonds is 6. The summed E-state index contributed by atoms with van der Waals surface area (Å²) in [6.45, 7) is 6.73. The molecular weight excluding hydrogens is 255 g/mol. The molecule has 4 heteroatoms. The van der Waals surface area contributed by atoms with Crippen LogP contribution in [-0.4, -0.2) is 30.8 Å². The molecule has 1 aliphatic heterocycles. The summed E-state index contributed by atoms with van der Waals surface area (Å²) in [5, 5.41) is 12.9. The average Bonchev–Trinajstić information content (AvgIpc) is 2.80. The summed E-state index contributed by atoms with van der Waals surface area (Å²) < 4.78 is 14.3. The Balaban J connectivity index is 2.25. The standard InChI is InChI=1S/C16H25FN2O/c1-3-8-18-10-13-5-4-6-14(17)16(13)19-9-7-12(2)15(19)11-20/h4-6,12,15,18,20H,3,7-11H2,1-2H3. The van der Waals surface area contributed by atoms with Gasteiger partial charge in [-0.2, -0.15) is 0 Å². The van der Waals surface area contributed by atoms with Crippen molar-refractivity contribution in [3.05, 3.63) is 29.6 Å². The number of aliphatic hydroxyl groups is 1. The molecule has 0 aliphatic carbocycles. The molecule has 2 atom stereocenters. The minimum Gasteiger partial charge on any atom is -0.394 e. The summed E-state index contributed by atoms with van der Waals surface area (Å²) >= 11 is 0. The molecule has 0 bridgehead atoms. The first-order valence-electron chi connectivity index (χ1n) is 7.54. The van der Waals surface area contributed by atoms with Crippen LogP contribution in [-0.2, 0) is 6.54 Å². The highest BCUT2D eigenvalue weighted by molar-refractivity contribution is 5.56. The van der Waals surface area contributed by atoms with Crippen molar-refractivity contribution >= 4 is 5.69 Å². The van der Waals surface area contributed by atoms with Crippen LogP contribution in [0.4, 0.5) is 10.1 Å². The van der Waals surface area contributed by atoms with Gasteiger partial charge in [-0.05, 0) is 36.9 Å². The van der Waals surface area contributed by atoms with Crippen LogP contribution in [0.5, 0.6) is 0 Å². The van der Waals surface area contributed by atoms with Crippen molar-refractivity contribution in [3.63, 3.8) is 0 Å². The van der Waals surface area contributed by atoms with E-state index in [9.17, 15) is 9.50 Å². The smallest absolute Gasteiger partial charge is 0.146 e. The number of para-hydroxylation sites is 1. The van der Waals surface area contributed by atoms with E-state index in [0.717, 1.165) is 31.5 Å². The summed E-state index contributed by atoms with van der Waals surface area (Å²) in [5.41, 5.74) is 1.64. The first-order chi connectivity index (χ1) is 9.69. The third-order valence-corrected chi connectivity index (χ3v) is 4.17. The Hall–Kier alpha value is -1.13. The van der Waals surface area contributed by atoms with E-state index in [1.54, 1.807) is 6.07 Å². The zero-order valence-electron chi connectivity index (χ0n) is 12.4. The van der Waals surface area contributed by atoms with Crippen molar-refractivity contribution in [1.82, 2.24) is 5.32 Å². The fourth-order valence-corrected chi connectivity index (χ4v) is 2.99. The second kappa shape index (κ2) is 7.04. The molecule has 1 fully saturated rings. The molecule has 2 rings (SSSR count). The Morgan fingerprint density at radius 1 is 1.45 bits per heavy atom. The molecule has 1 aromatic rings. The topological polar surface area (TPSA) is 35.5 Å². The van der Waals surface area contributed by atoms with Crippen LogP contribution >= 0.6 is 0 Å². The number of benzene rings is 1. The number of nitrogens with one attached hydrogen (secondary N) is 1. The fourth-order valence-electron chi connectivity index (χ4n) is 2.99. The lowest BCUT2D eigenvalue weighted by Gasteiger charge is -2.29. The summed E-state index contributed by atoms with van der Waals surface area (Å²) in [5.74, 6) is 0.212. The van der Waals surface area contributed by atoms with E-state index in [0.29, 0.717) is 18.2 Å². The summed E-state index contributed by atoms with van der Waals surface area (Å²) in [4.78, 5) is 2.04. The van der Waals surface area contributed by atoms with Gasteiger partial charge in [0.25, 0.3) is 0 Å². The number of halogens is 1. The molecule has 112 valence electrons. The van der Waals surface area contributed by atoms with E-state index >= 15 is 0 Å². The van der Waals surface area contributed by atoms with Crippen molar-refractivity contribution in [2.24, 2.45) is 5.92 Å². The van der Waals surface area contributed by atoms with Gasteiger partial charge in [0, 0.05) is 13.1 Å². The van der Waals surface area contributed by atoms with E-state index < -0.39 is 0 Å². The Morgan fingerprint density at radius 3 is 2.95 bits per heavy atom.